The van der Waals surface area contributed by atoms with E-state index in [1.54, 1.807) is 53.8 Å². The first kappa shape index (κ1) is 19.2. The number of amides is 1. The first-order chi connectivity index (χ1) is 14.1. The van der Waals surface area contributed by atoms with Gasteiger partial charge in [-0.1, -0.05) is 12.1 Å². The van der Waals surface area contributed by atoms with Crippen LogP contribution in [0.15, 0.2) is 59.5 Å². The summed E-state index contributed by atoms with van der Waals surface area (Å²) in [5.74, 6) is -0.0248. The van der Waals surface area contributed by atoms with Gasteiger partial charge in [0, 0.05) is 31.4 Å². The number of aromatic hydroxyl groups is 1. The molecule has 4 rings (SSSR count). The fourth-order valence-electron chi connectivity index (χ4n) is 3.98. The van der Waals surface area contributed by atoms with Crippen molar-refractivity contribution in [3.8, 4) is 5.75 Å². The van der Waals surface area contributed by atoms with Crippen LogP contribution in [0.3, 0.4) is 0 Å². The Kier molecular flexibility index (Phi) is 5.37. The molecular formula is C21H23N3O5. The summed E-state index contributed by atoms with van der Waals surface area (Å²) in [5.41, 5.74) is 0.648. The second-order valence-electron chi connectivity index (χ2n) is 7.16. The number of aliphatic hydroxyl groups is 2. The largest absolute Gasteiger partial charge is 0.508 e. The number of aryl methyl sites for hydroxylation is 1. The third-order valence-corrected chi connectivity index (χ3v) is 5.31. The van der Waals surface area contributed by atoms with Gasteiger partial charge in [0.1, 0.15) is 30.0 Å². The Balaban J connectivity index is 1.65. The number of imidazole rings is 1. The summed E-state index contributed by atoms with van der Waals surface area (Å²) in [6, 6.07) is 9.40. The Morgan fingerprint density at radius 2 is 2.03 bits per heavy atom. The number of carbonyl (C=O) groups is 1. The van der Waals surface area contributed by atoms with Gasteiger partial charge < -0.3 is 29.2 Å². The Morgan fingerprint density at radius 3 is 2.72 bits per heavy atom. The summed E-state index contributed by atoms with van der Waals surface area (Å²) >= 11 is 0. The van der Waals surface area contributed by atoms with Crippen molar-refractivity contribution >= 4 is 5.91 Å². The molecule has 29 heavy (non-hydrogen) atoms. The topological polar surface area (TPSA) is 112 Å². The van der Waals surface area contributed by atoms with Gasteiger partial charge in [-0.05, 0) is 36.2 Å². The van der Waals surface area contributed by atoms with Crippen molar-refractivity contribution in [3.63, 3.8) is 0 Å². The molecular weight excluding hydrogens is 374 g/mol. The summed E-state index contributed by atoms with van der Waals surface area (Å²) < 4.78 is 7.67. The minimum Gasteiger partial charge on any atom is -0.508 e. The van der Waals surface area contributed by atoms with Crippen molar-refractivity contribution in [3.05, 3.63) is 72.2 Å². The number of furan rings is 1. The van der Waals surface area contributed by atoms with Gasteiger partial charge in [0.25, 0.3) is 5.91 Å². The molecule has 0 radical (unpaired) electrons. The van der Waals surface area contributed by atoms with E-state index in [1.807, 2.05) is 10.8 Å². The Labute approximate surface area is 167 Å². The van der Waals surface area contributed by atoms with E-state index < -0.39 is 18.1 Å². The highest BCUT2D eigenvalue weighted by molar-refractivity contribution is 5.85. The number of hydrogen-bond acceptors (Lipinski definition) is 6. The molecule has 0 bridgehead atoms. The summed E-state index contributed by atoms with van der Waals surface area (Å²) in [6.07, 6.45) is 4.69. The van der Waals surface area contributed by atoms with Crippen LogP contribution in [0, 0.1) is 0 Å². The zero-order valence-electron chi connectivity index (χ0n) is 15.8. The van der Waals surface area contributed by atoms with E-state index in [-0.39, 0.29) is 18.3 Å². The number of hydrogen-bond donors (Lipinski definition) is 3. The lowest BCUT2D eigenvalue weighted by molar-refractivity contribution is -0.135. The second-order valence-corrected chi connectivity index (χ2v) is 7.16. The van der Waals surface area contributed by atoms with Crippen LogP contribution in [0.2, 0.25) is 0 Å². The summed E-state index contributed by atoms with van der Waals surface area (Å²) in [7, 11) is 0. The fourth-order valence-corrected chi connectivity index (χ4v) is 3.98. The SMILES string of the molecule is O=C1C(O)C(c2cccc(O)c2)C(c2ccc(CO)o2)N1CCCn1ccnc1. The molecule has 1 aliphatic heterocycles. The number of phenolic OH excluding ortho intramolecular Hbond substituents is 1. The summed E-state index contributed by atoms with van der Waals surface area (Å²) in [5, 5.41) is 30.0. The van der Waals surface area contributed by atoms with E-state index in [9.17, 15) is 20.1 Å². The van der Waals surface area contributed by atoms with E-state index >= 15 is 0 Å². The normalized spacial score (nSPS) is 21.8. The van der Waals surface area contributed by atoms with Crippen molar-refractivity contribution in [2.24, 2.45) is 0 Å². The molecule has 152 valence electrons. The van der Waals surface area contributed by atoms with Crippen LogP contribution < -0.4 is 0 Å². The van der Waals surface area contributed by atoms with Crippen LogP contribution in [-0.4, -0.2) is 48.3 Å². The minimum absolute atomic E-state index is 0.0648. The highest BCUT2D eigenvalue weighted by Crippen LogP contribution is 2.45. The maximum Gasteiger partial charge on any atom is 0.252 e. The number of aliphatic hydroxyl groups excluding tert-OH is 2. The number of phenols is 1. The van der Waals surface area contributed by atoms with Crippen LogP contribution in [0.5, 0.6) is 5.75 Å². The minimum atomic E-state index is -1.25. The Bertz CT molecular complexity index is 968. The average Bonchev–Trinajstić information content (AvgIpc) is 3.44. The molecule has 3 N–H and O–H groups in total. The molecule has 0 saturated carbocycles. The molecule has 1 fully saturated rings. The van der Waals surface area contributed by atoms with Crippen LogP contribution in [0.25, 0.3) is 0 Å². The number of benzene rings is 1. The highest BCUT2D eigenvalue weighted by atomic mass is 16.4. The number of carbonyl (C=O) groups excluding carboxylic acids is 1. The third-order valence-electron chi connectivity index (χ3n) is 5.31. The van der Waals surface area contributed by atoms with Crippen molar-refractivity contribution in [2.45, 2.75) is 37.6 Å². The van der Waals surface area contributed by atoms with Crippen LogP contribution in [0.1, 0.15) is 35.5 Å². The lowest BCUT2D eigenvalue weighted by atomic mass is 9.88. The molecule has 8 heteroatoms. The first-order valence-corrected chi connectivity index (χ1v) is 9.51. The Morgan fingerprint density at radius 1 is 1.17 bits per heavy atom. The molecule has 1 amide bonds. The monoisotopic (exact) mass is 397 g/mol. The number of likely N-dealkylation sites (tertiary alicyclic amines) is 1. The quantitative estimate of drug-likeness (QED) is 0.560. The van der Waals surface area contributed by atoms with E-state index in [2.05, 4.69) is 4.98 Å². The lowest BCUT2D eigenvalue weighted by Gasteiger charge is -2.27. The summed E-state index contributed by atoms with van der Waals surface area (Å²) in [6.45, 7) is 0.854. The van der Waals surface area contributed by atoms with Gasteiger partial charge in [-0.15, -0.1) is 0 Å². The standard InChI is InChI=1S/C21H23N3O5/c25-12-16-5-6-17(29-16)19-18(14-3-1-4-15(26)11-14)20(27)21(28)24(19)9-2-8-23-10-7-22-13-23/h1,3-7,10-11,13,18-20,25-27H,2,8-9,12H2. The molecule has 0 spiro atoms. The van der Waals surface area contributed by atoms with Crippen molar-refractivity contribution < 1.29 is 24.5 Å². The molecule has 3 unspecified atom stereocenters. The second kappa shape index (κ2) is 8.10. The Hall–Kier alpha value is -3.10. The van der Waals surface area contributed by atoms with Gasteiger partial charge in [-0.2, -0.15) is 0 Å². The molecule has 1 aliphatic rings. The maximum absolute atomic E-state index is 12.9. The molecule has 2 aromatic heterocycles. The molecule has 3 heterocycles. The van der Waals surface area contributed by atoms with Crippen LogP contribution >= 0.6 is 0 Å². The van der Waals surface area contributed by atoms with Gasteiger partial charge in [0.15, 0.2) is 0 Å². The summed E-state index contributed by atoms with van der Waals surface area (Å²) in [4.78, 5) is 18.6. The molecule has 0 aliphatic carbocycles. The first-order valence-electron chi connectivity index (χ1n) is 9.51. The van der Waals surface area contributed by atoms with E-state index in [1.165, 1.54) is 0 Å². The molecule has 3 atom stereocenters. The van der Waals surface area contributed by atoms with Gasteiger partial charge in [-0.25, -0.2) is 4.98 Å². The van der Waals surface area contributed by atoms with E-state index in [0.29, 0.717) is 36.6 Å². The number of rotatable bonds is 7. The average molecular weight is 397 g/mol. The van der Waals surface area contributed by atoms with Crippen LogP contribution in [-0.2, 0) is 17.9 Å². The number of nitrogens with zero attached hydrogens (tertiary/aromatic N) is 3. The van der Waals surface area contributed by atoms with E-state index in [4.69, 9.17) is 4.42 Å². The van der Waals surface area contributed by atoms with Crippen molar-refractivity contribution in [1.82, 2.24) is 14.5 Å². The van der Waals surface area contributed by atoms with E-state index in [0.717, 1.165) is 0 Å². The highest BCUT2D eigenvalue weighted by Gasteiger charge is 2.49. The molecule has 8 nitrogen and oxygen atoms in total. The van der Waals surface area contributed by atoms with Crippen molar-refractivity contribution in [1.29, 1.82) is 0 Å². The fraction of sp³-hybridized carbons (Fsp3) is 0.333. The van der Waals surface area contributed by atoms with Crippen LogP contribution in [0.4, 0.5) is 0 Å². The van der Waals surface area contributed by atoms with Gasteiger partial charge in [0.2, 0.25) is 0 Å². The van der Waals surface area contributed by atoms with Gasteiger partial charge in [-0.3, -0.25) is 4.79 Å². The predicted molar refractivity (Wildman–Crippen MR) is 103 cm³/mol. The zero-order chi connectivity index (χ0) is 20.4. The predicted octanol–water partition coefficient (Wildman–Crippen LogP) is 1.79. The maximum atomic E-state index is 12.9. The number of aromatic nitrogens is 2. The van der Waals surface area contributed by atoms with Crippen molar-refractivity contribution in [2.75, 3.05) is 6.54 Å². The third kappa shape index (κ3) is 3.76. The smallest absolute Gasteiger partial charge is 0.252 e. The molecule has 3 aromatic rings. The van der Waals surface area contributed by atoms with Gasteiger partial charge in [0.05, 0.1) is 12.4 Å². The molecule has 1 saturated heterocycles. The lowest BCUT2D eigenvalue weighted by Crippen LogP contribution is -2.32. The van der Waals surface area contributed by atoms with Gasteiger partial charge >= 0.3 is 0 Å². The zero-order valence-corrected chi connectivity index (χ0v) is 15.8. The molecule has 1 aromatic carbocycles.